The smallest absolute Gasteiger partial charge is 0.261 e. The molecule has 1 aliphatic rings. The van der Waals surface area contributed by atoms with Gasteiger partial charge in [-0.15, -0.1) is 0 Å². The summed E-state index contributed by atoms with van der Waals surface area (Å²) in [5.41, 5.74) is 1.92. The third-order valence-corrected chi connectivity index (χ3v) is 4.72. The summed E-state index contributed by atoms with van der Waals surface area (Å²) in [6.45, 7) is 0.701. The number of ether oxygens (including phenoxy) is 2. The highest BCUT2D eigenvalue weighted by Gasteiger charge is 2.32. The molecule has 6 heteroatoms. The van der Waals surface area contributed by atoms with E-state index >= 15 is 0 Å². The quantitative estimate of drug-likeness (QED) is 0.766. The lowest BCUT2D eigenvalue weighted by atomic mass is 10.2. The van der Waals surface area contributed by atoms with Gasteiger partial charge in [0.25, 0.3) is 5.91 Å². The van der Waals surface area contributed by atoms with E-state index in [9.17, 15) is 4.79 Å². The number of hydrogen-bond donors (Lipinski definition) is 1. The zero-order chi connectivity index (χ0) is 17.9. The number of amides is 1. The summed E-state index contributed by atoms with van der Waals surface area (Å²) in [5.74, 6) is 1.99. The molecule has 3 aromatic rings. The Balaban J connectivity index is 1.48. The Bertz CT molecular complexity index is 888. The Morgan fingerprint density at radius 2 is 1.96 bits per heavy atom. The standard InChI is InChI=1S/C20H21N3O3/c1-25-17-10-4-5-11-18(17)26-13-19(24)23-12-6-9-16(23)20-21-14-7-2-3-8-15(14)22-20/h2-5,7-8,10-11,16H,6,9,12-13H2,1H3,(H,21,22)/t16-/m0/s1. The minimum Gasteiger partial charge on any atom is -0.493 e. The lowest BCUT2D eigenvalue weighted by molar-refractivity contribution is -0.134. The molecule has 0 spiro atoms. The van der Waals surface area contributed by atoms with Crippen molar-refractivity contribution in [3.05, 3.63) is 54.4 Å². The van der Waals surface area contributed by atoms with Gasteiger partial charge in [0.15, 0.2) is 18.1 Å². The number of carbonyl (C=O) groups excluding carboxylic acids is 1. The number of imidazole rings is 1. The number of fused-ring (bicyclic) bond motifs is 1. The van der Waals surface area contributed by atoms with Crippen LogP contribution in [0, 0.1) is 0 Å². The van der Waals surface area contributed by atoms with Crippen LogP contribution in [-0.2, 0) is 4.79 Å². The largest absolute Gasteiger partial charge is 0.493 e. The fraction of sp³-hybridized carbons (Fsp3) is 0.300. The lowest BCUT2D eigenvalue weighted by Gasteiger charge is -2.23. The molecule has 1 saturated heterocycles. The molecule has 26 heavy (non-hydrogen) atoms. The first-order chi connectivity index (χ1) is 12.8. The molecule has 0 radical (unpaired) electrons. The first-order valence-corrected chi connectivity index (χ1v) is 8.76. The van der Waals surface area contributed by atoms with Gasteiger partial charge in [0, 0.05) is 6.54 Å². The molecule has 1 atom stereocenters. The van der Waals surface area contributed by atoms with Crippen LogP contribution >= 0.6 is 0 Å². The number of nitrogens with one attached hydrogen (secondary N) is 1. The van der Waals surface area contributed by atoms with Crippen molar-refractivity contribution < 1.29 is 14.3 Å². The Hall–Kier alpha value is -3.02. The summed E-state index contributed by atoms with van der Waals surface area (Å²) in [6, 6.07) is 15.2. The Morgan fingerprint density at radius 3 is 2.77 bits per heavy atom. The molecule has 1 amide bonds. The van der Waals surface area contributed by atoms with Crippen molar-refractivity contribution in [2.75, 3.05) is 20.3 Å². The van der Waals surface area contributed by atoms with E-state index in [4.69, 9.17) is 9.47 Å². The fourth-order valence-electron chi connectivity index (χ4n) is 3.44. The minimum absolute atomic E-state index is 0.0168. The van der Waals surface area contributed by atoms with Crippen molar-refractivity contribution in [3.63, 3.8) is 0 Å². The zero-order valence-corrected chi connectivity index (χ0v) is 14.6. The van der Waals surface area contributed by atoms with Gasteiger partial charge in [0.05, 0.1) is 24.2 Å². The van der Waals surface area contributed by atoms with Crippen molar-refractivity contribution in [3.8, 4) is 11.5 Å². The van der Waals surface area contributed by atoms with Crippen molar-refractivity contribution in [1.82, 2.24) is 14.9 Å². The van der Waals surface area contributed by atoms with E-state index in [1.165, 1.54) is 0 Å². The molecule has 0 unspecified atom stereocenters. The van der Waals surface area contributed by atoms with Crippen LogP contribution in [0.4, 0.5) is 0 Å². The number of hydrogen-bond acceptors (Lipinski definition) is 4. The molecule has 2 aromatic carbocycles. The number of rotatable bonds is 5. The highest BCUT2D eigenvalue weighted by atomic mass is 16.5. The first-order valence-electron chi connectivity index (χ1n) is 8.76. The van der Waals surface area contributed by atoms with E-state index in [0.717, 1.165) is 36.2 Å². The number of H-pyrrole nitrogens is 1. The van der Waals surface area contributed by atoms with Crippen molar-refractivity contribution in [1.29, 1.82) is 0 Å². The van der Waals surface area contributed by atoms with Gasteiger partial charge in [-0.2, -0.15) is 0 Å². The zero-order valence-electron chi connectivity index (χ0n) is 14.6. The molecule has 6 nitrogen and oxygen atoms in total. The lowest BCUT2D eigenvalue weighted by Crippen LogP contribution is -2.34. The fourth-order valence-corrected chi connectivity index (χ4v) is 3.44. The highest BCUT2D eigenvalue weighted by molar-refractivity contribution is 5.79. The third-order valence-electron chi connectivity index (χ3n) is 4.72. The van der Waals surface area contributed by atoms with E-state index in [-0.39, 0.29) is 18.6 Å². The van der Waals surface area contributed by atoms with Crippen LogP contribution < -0.4 is 9.47 Å². The van der Waals surface area contributed by atoms with Gasteiger partial charge in [-0.3, -0.25) is 4.79 Å². The summed E-state index contributed by atoms with van der Waals surface area (Å²) >= 11 is 0. The summed E-state index contributed by atoms with van der Waals surface area (Å²) in [7, 11) is 1.59. The summed E-state index contributed by atoms with van der Waals surface area (Å²) in [5, 5.41) is 0. The van der Waals surface area contributed by atoms with E-state index in [1.54, 1.807) is 13.2 Å². The summed E-state index contributed by atoms with van der Waals surface area (Å²) < 4.78 is 11.0. The van der Waals surface area contributed by atoms with Crippen LogP contribution in [0.15, 0.2) is 48.5 Å². The Morgan fingerprint density at radius 1 is 1.19 bits per heavy atom. The molecule has 1 N–H and O–H groups in total. The molecule has 0 saturated carbocycles. The number of aromatic amines is 1. The topological polar surface area (TPSA) is 67.5 Å². The average molecular weight is 351 g/mol. The van der Waals surface area contributed by atoms with E-state index < -0.39 is 0 Å². The number of carbonyl (C=O) groups is 1. The molecule has 4 rings (SSSR count). The second-order valence-corrected chi connectivity index (χ2v) is 6.32. The van der Waals surface area contributed by atoms with Gasteiger partial charge in [-0.25, -0.2) is 4.98 Å². The third kappa shape index (κ3) is 3.10. The van der Waals surface area contributed by atoms with Crippen LogP contribution in [0.3, 0.4) is 0 Å². The molecule has 1 fully saturated rings. The van der Waals surface area contributed by atoms with Gasteiger partial charge in [0.1, 0.15) is 5.82 Å². The van der Waals surface area contributed by atoms with Crippen molar-refractivity contribution in [2.24, 2.45) is 0 Å². The maximum Gasteiger partial charge on any atom is 0.261 e. The number of likely N-dealkylation sites (tertiary alicyclic amines) is 1. The second kappa shape index (κ2) is 7.07. The van der Waals surface area contributed by atoms with Gasteiger partial charge in [0.2, 0.25) is 0 Å². The average Bonchev–Trinajstić information content (AvgIpc) is 3.32. The van der Waals surface area contributed by atoms with Crippen molar-refractivity contribution in [2.45, 2.75) is 18.9 Å². The van der Waals surface area contributed by atoms with E-state index in [2.05, 4.69) is 9.97 Å². The van der Waals surface area contributed by atoms with Gasteiger partial charge in [-0.1, -0.05) is 24.3 Å². The maximum absolute atomic E-state index is 12.7. The molecule has 0 aliphatic carbocycles. The van der Waals surface area contributed by atoms with Crippen LogP contribution in [0.2, 0.25) is 0 Å². The van der Waals surface area contributed by atoms with E-state index in [0.29, 0.717) is 11.5 Å². The molecule has 1 aromatic heterocycles. The normalized spacial score (nSPS) is 16.8. The van der Waals surface area contributed by atoms with Crippen LogP contribution in [0.1, 0.15) is 24.7 Å². The van der Waals surface area contributed by atoms with Crippen LogP contribution in [0.25, 0.3) is 11.0 Å². The van der Waals surface area contributed by atoms with Crippen molar-refractivity contribution >= 4 is 16.9 Å². The van der Waals surface area contributed by atoms with Crippen LogP contribution in [-0.4, -0.2) is 41.0 Å². The predicted molar refractivity (Wildman–Crippen MR) is 98.3 cm³/mol. The number of aromatic nitrogens is 2. The molecule has 2 heterocycles. The molecule has 134 valence electrons. The van der Waals surface area contributed by atoms with Gasteiger partial charge >= 0.3 is 0 Å². The minimum atomic E-state index is -0.0427. The number of benzene rings is 2. The molecular weight excluding hydrogens is 330 g/mol. The van der Waals surface area contributed by atoms with Crippen LogP contribution in [0.5, 0.6) is 11.5 Å². The highest BCUT2D eigenvalue weighted by Crippen LogP contribution is 2.32. The predicted octanol–water partition coefficient (Wildman–Crippen LogP) is 3.31. The SMILES string of the molecule is COc1ccccc1OCC(=O)N1CCC[C@H]1c1nc2ccccc2[nH]1. The molecule has 1 aliphatic heterocycles. The van der Waals surface area contributed by atoms with E-state index in [1.807, 2.05) is 47.4 Å². The second-order valence-electron chi connectivity index (χ2n) is 6.32. The summed E-state index contributed by atoms with van der Waals surface area (Å²) in [4.78, 5) is 22.6. The number of para-hydroxylation sites is 4. The monoisotopic (exact) mass is 351 g/mol. The molecular formula is C20H21N3O3. The maximum atomic E-state index is 12.7. The molecule has 0 bridgehead atoms. The van der Waals surface area contributed by atoms with Gasteiger partial charge in [-0.05, 0) is 37.1 Å². The Labute approximate surface area is 151 Å². The Kier molecular flexibility index (Phi) is 4.48. The van der Waals surface area contributed by atoms with Gasteiger partial charge < -0.3 is 19.4 Å². The first kappa shape index (κ1) is 16.4. The number of nitrogens with zero attached hydrogens (tertiary/aromatic N) is 2. The summed E-state index contributed by atoms with van der Waals surface area (Å²) in [6.07, 6.45) is 1.86. The number of methoxy groups -OCH3 is 1.